The summed E-state index contributed by atoms with van der Waals surface area (Å²) in [5.74, 6) is 0.132. The summed E-state index contributed by atoms with van der Waals surface area (Å²) < 4.78 is 5.40. The maximum atomic E-state index is 11.4. The second-order valence-electron chi connectivity index (χ2n) is 4.08. The van der Waals surface area contributed by atoms with Crippen LogP contribution in [-0.2, 0) is 9.53 Å². The third kappa shape index (κ3) is 2.25. The molecule has 1 saturated heterocycles. The molecule has 2 aliphatic rings. The molecular formula is C10H17NO3. The van der Waals surface area contributed by atoms with Crippen LogP contribution < -0.4 is 0 Å². The normalized spacial score (nSPS) is 28.2. The van der Waals surface area contributed by atoms with Gasteiger partial charge in [0.05, 0.1) is 6.10 Å². The van der Waals surface area contributed by atoms with E-state index < -0.39 is 0 Å². The molecule has 1 saturated carbocycles. The topological polar surface area (TPSA) is 49.8 Å². The van der Waals surface area contributed by atoms with Crippen LogP contribution in [0.3, 0.4) is 0 Å². The van der Waals surface area contributed by atoms with Crippen LogP contribution in [0.4, 0.5) is 0 Å². The zero-order valence-corrected chi connectivity index (χ0v) is 8.32. The molecule has 1 aliphatic carbocycles. The Morgan fingerprint density at radius 1 is 1.50 bits per heavy atom. The van der Waals surface area contributed by atoms with Crippen molar-refractivity contribution in [3.63, 3.8) is 0 Å². The second-order valence-corrected chi connectivity index (χ2v) is 4.08. The molecule has 1 unspecified atom stereocenters. The number of aliphatic hydroxyl groups excluding tert-OH is 1. The van der Waals surface area contributed by atoms with Gasteiger partial charge in [-0.05, 0) is 25.7 Å². The quantitative estimate of drug-likeness (QED) is 0.701. The molecule has 1 amide bonds. The molecule has 0 bridgehead atoms. The van der Waals surface area contributed by atoms with Crippen molar-refractivity contribution in [3.8, 4) is 0 Å². The summed E-state index contributed by atoms with van der Waals surface area (Å²) in [5, 5.41) is 8.70. The Labute approximate surface area is 83.8 Å². The van der Waals surface area contributed by atoms with Crippen molar-refractivity contribution in [1.82, 2.24) is 4.90 Å². The van der Waals surface area contributed by atoms with Gasteiger partial charge in [-0.15, -0.1) is 0 Å². The molecular weight excluding hydrogens is 182 g/mol. The van der Waals surface area contributed by atoms with E-state index in [9.17, 15) is 4.79 Å². The van der Waals surface area contributed by atoms with Crippen LogP contribution in [-0.4, -0.2) is 47.8 Å². The van der Waals surface area contributed by atoms with Crippen LogP contribution in [0.15, 0.2) is 0 Å². The van der Waals surface area contributed by atoms with E-state index in [0.29, 0.717) is 6.04 Å². The number of ether oxygens (including phenoxy) is 1. The predicted molar refractivity (Wildman–Crippen MR) is 50.8 cm³/mol. The first-order chi connectivity index (χ1) is 6.81. The number of nitrogens with zero attached hydrogens (tertiary/aromatic N) is 1. The lowest BCUT2D eigenvalue weighted by Crippen LogP contribution is -2.47. The number of morpholine rings is 1. The number of aliphatic hydroxyl groups is 1. The molecule has 0 aromatic carbocycles. The minimum atomic E-state index is 0.132. The number of rotatable bonds is 4. The van der Waals surface area contributed by atoms with Crippen molar-refractivity contribution in [2.75, 3.05) is 19.8 Å². The van der Waals surface area contributed by atoms with Gasteiger partial charge in [-0.1, -0.05) is 0 Å². The summed E-state index contributed by atoms with van der Waals surface area (Å²) in [6, 6.07) is 0.489. The van der Waals surface area contributed by atoms with Crippen molar-refractivity contribution in [3.05, 3.63) is 0 Å². The highest BCUT2D eigenvalue weighted by molar-refractivity contribution is 5.78. The van der Waals surface area contributed by atoms with Crippen LogP contribution in [0, 0.1) is 0 Å². The van der Waals surface area contributed by atoms with E-state index in [0.717, 1.165) is 32.2 Å². The minimum absolute atomic E-state index is 0.132. The molecule has 1 N–H and O–H groups in total. The lowest BCUT2D eigenvalue weighted by atomic mass is 10.1. The Bertz CT molecular complexity index is 215. The lowest BCUT2D eigenvalue weighted by Gasteiger charge is -2.32. The fraction of sp³-hybridized carbons (Fsp3) is 0.900. The monoisotopic (exact) mass is 199 g/mol. The van der Waals surface area contributed by atoms with E-state index in [1.165, 1.54) is 0 Å². The maximum Gasteiger partial charge on any atom is 0.248 e. The maximum absolute atomic E-state index is 11.4. The molecule has 0 aromatic heterocycles. The van der Waals surface area contributed by atoms with E-state index in [-0.39, 0.29) is 25.2 Å². The Kier molecular flexibility index (Phi) is 3.03. The van der Waals surface area contributed by atoms with E-state index in [1.807, 2.05) is 4.90 Å². The molecule has 1 aliphatic heterocycles. The zero-order valence-electron chi connectivity index (χ0n) is 8.32. The van der Waals surface area contributed by atoms with Crippen molar-refractivity contribution in [2.24, 2.45) is 0 Å². The number of hydrogen-bond donors (Lipinski definition) is 1. The van der Waals surface area contributed by atoms with Gasteiger partial charge < -0.3 is 14.7 Å². The van der Waals surface area contributed by atoms with Crippen molar-refractivity contribution >= 4 is 5.91 Å². The first-order valence-electron chi connectivity index (χ1n) is 5.33. The average Bonchev–Trinajstić information content (AvgIpc) is 3.00. The molecule has 0 spiro atoms. The van der Waals surface area contributed by atoms with Gasteiger partial charge in [-0.3, -0.25) is 4.79 Å². The largest absolute Gasteiger partial charge is 0.396 e. The highest BCUT2D eigenvalue weighted by atomic mass is 16.5. The van der Waals surface area contributed by atoms with E-state index in [4.69, 9.17) is 9.84 Å². The number of amides is 1. The van der Waals surface area contributed by atoms with Gasteiger partial charge in [0, 0.05) is 19.2 Å². The number of carbonyl (C=O) groups is 1. The highest BCUT2D eigenvalue weighted by Crippen LogP contribution is 2.29. The zero-order chi connectivity index (χ0) is 9.97. The molecule has 80 valence electrons. The second kappa shape index (κ2) is 4.28. The summed E-state index contributed by atoms with van der Waals surface area (Å²) in [5.41, 5.74) is 0. The Morgan fingerprint density at radius 2 is 2.29 bits per heavy atom. The Balaban J connectivity index is 1.82. The van der Waals surface area contributed by atoms with Gasteiger partial charge in [-0.25, -0.2) is 0 Å². The van der Waals surface area contributed by atoms with Crippen LogP contribution in [0.2, 0.25) is 0 Å². The molecule has 1 heterocycles. The van der Waals surface area contributed by atoms with Crippen LogP contribution in [0.5, 0.6) is 0 Å². The van der Waals surface area contributed by atoms with Gasteiger partial charge in [0.15, 0.2) is 0 Å². The third-order valence-corrected chi connectivity index (χ3v) is 2.84. The van der Waals surface area contributed by atoms with Crippen LogP contribution >= 0.6 is 0 Å². The number of carbonyl (C=O) groups excluding carboxylic acids is 1. The highest BCUT2D eigenvalue weighted by Gasteiger charge is 2.36. The number of hydrogen-bond acceptors (Lipinski definition) is 3. The fourth-order valence-corrected chi connectivity index (χ4v) is 1.88. The van der Waals surface area contributed by atoms with Gasteiger partial charge >= 0.3 is 0 Å². The summed E-state index contributed by atoms with van der Waals surface area (Å²) in [6.45, 7) is 1.16. The predicted octanol–water partition coefficient (Wildman–Crippen LogP) is 0.149. The SMILES string of the molecule is O=C1COC(CCCO)CN1C1CC1. The molecule has 4 heteroatoms. The van der Waals surface area contributed by atoms with Crippen molar-refractivity contribution in [1.29, 1.82) is 0 Å². The van der Waals surface area contributed by atoms with E-state index >= 15 is 0 Å². The summed E-state index contributed by atoms with van der Waals surface area (Å²) >= 11 is 0. The molecule has 0 radical (unpaired) electrons. The Morgan fingerprint density at radius 3 is 2.93 bits per heavy atom. The molecule has 1 atom stereocenters. The van der Waals surface area contributed by atoms with Crippen molar-refractivity contribution in [2.45, 2.75) is 37.8 Å². The van der Waals surface area contributed by atoms with Gasteiger partial charge in [0.1, 0.15) is 6.61 Å². The molecule has 4 nitrogen and oxygen atoms in total. The smallest absolute Gasteiger partial charge is 0.248 e. The van der Waals surface area contributed by atoms with E-state index in [1.54, 1.807) is 0 Å². The first kappa shape index (κ1) is 9.93. The molecule has 0 aromatic rings. The standard InChI is InChI=1S/C10H17NO3/c12-5-1-2-9-6-11(8-3-4-8)10(13)7-14-9/h8-9,12H,1-7H2. The molecule has 2 fully saturated rings. The van der Waals surface area contributed by atoms with Gasteiger partial charge in [0.2, 0.25) is 5.91 Å². The summed E-state index contributed by atoms with van der Waals surface area (Å²) in [7, 11) is 0. The van der Waals surface area contributed by atoms with Crippen molar-refractivity contribution < 1.29 is 14.6 Å². The minimum Gasteiger partial charge on any atom is -0.396 e. The molecule has 2 rings (SSSR count). The van der Waals surface area contributed by atoms with Gasteiger partial charge in [0.25, 0.3) is 0 Å². The molecule has 14 heavy (non-hydrogen) atoms. The van der Waals surface area contributed by atoms with Gasteiger partial charge in [-0.2, -0.15) is 0 Å². The third-order valence-electron chi connectivity index (χ3n) is 2.84. The first-order valence-corrected chi connectivity index (χ1v) is 5.33. The fourth-order valence-electron chi connectivity index (χ4n) is 1.88. The lowest BCUT2D eigenvalue weighted by molar-refractivity contribution is -0.150. The van der Waals surface area contributed by atoms with Crippen LogP contribution in [0.25, 0.3) is 0 Å². The average molecular weight is 199 g/mol. The summed E-state index contributed by atoms with van der Waals surface area (Å²) in [6.07, 6.45) is 4.06. The summed E-state index contributed by atoms with van der Waals surface area (Å²) in [4.78, 5) is 13.4. The van der Waals surface area contributed by atoms with Crippen LogP contribution in [0.1, 0.15) is 25.7 Å². The Hall–Kier alpha value is -0.610. The van der Waals surface area contributed by atoms with E-state index in [2.05, 4.69) is 0 Å².